The number of carbonyl (C=O) groups excluding carboxylic acids is 1. The predicted octanol–water partition coefficient (Wildman–Crippen LogP) is 2.85. The molecule has 0 aliphatic rings. The van der Waals surface area contributed by atoms with Gasteiger partial charge in [-0.1, -0.05) is 11.6 Å². The second-order valence-corrected chi connectivity index (χ2v) is 4.62. The van der Waals surface area contributed by atoms with Crippen LogP contribution in [0, 0.1) is 0 Å². The number of carbonyl (C=O) groups is 1. The van der Waals surface area contributed by atoms with Crippen molar-refractivity contribution in [2.45, 2.75) is 19.4 Å². The number of benzene rings is 1. The van der Waals surface area contributed by atoms with Crippen molar-refractivity contribution in [2.75, 3.05) is 6.61 Å². The maximum atomic E-state index is 11.4. The van der Waals surface area contributed by atoms with E-state index in [2.05, 4.69) is 4.98 Å². The number of hydrogen-bond acceptors (Lipinski definition) is 5. The summed E-state index contributed by atoms with van der Waals surface area (Å²) in [6.45, 7) is 2.03. The van der Waals surface area contributed by atoms with E-state index in [1.165, 1.54) is 0 Å². The van der Waals surface area contributed by atoms with E-state index in [9.17, 15) is 4.79 Å². The summed E-state index contributed by atoms with van der Waals surface area (Å²) in [5.74, 6) is 0.543. The van der Waals surface area contributed by atoms with Gasteiger partial charge < -0.3 is 14.9 Å². The van der Waals surface area contributed by atoms with Crippen molar-refractivity contribution in [3.63, 3.8) is 0 Å². The first-order valence-electron chi connectivity index (χ1n) is 6.23. The number of ether oxygens (including phenoxy) is 1. The summed E-state index contributed by atoms with van der Waals surface area (Å²) in [6.07, 6.45) is 1.79. The molecule has 1 aromatic carbocycles. The number of nitrogens with two attached hydrogens (primary N) is 1. The number of hydrogen-bond donors (Lipinski definition) is 1. The highest BCUT2D eigenvalue weighted by Gasteiger charge is 2.18. The monoisotopic (exact) mass is 330 g/mol. The van der Waals surface area contributed by atoms with E-state index in [4.69, 9.17) is 26.5 Å². The number of rotatable bonds is 5. The lowest BCUT2D eigenvalue weighted by Crippen LogP contribution is -2.34. The van der Waals surface area contributed by atoms with Crippen LogP contribution in [0.15, 0.2) is 34.9 Å². The Kier molecular flexibility index (Phi) is 6.68. The Morgan fingerprint density at radius 2 is 2.10 bits per heavy atom. The van der Waals surface area contributed by atoms with E-state index >= 15 is 0 Å². The van der Waals surface area contributed by atoms with Crippen LogP contribution in [-0.2, 0) is 16.0 Å². The van der Waals surface area contributed by atoms with Crippen LogP contribution in [0.3, 0.4) is 0 Å². The Labute approximate surface area is 133 Å². The fraction of sp³-hybridized carbons (Fsp3) is 0.286. The minimum atomic E-state index is -0.772. The molecule has 0 saturated carbocycles. The molecule has 0 spiro atoms. The molecule has 2 aromatic rings. The first-order chi connectivity index (χ1) is 9.60. The van der Waals surface area contributed by atoms with Gasteiger partial charge in [0.15, 0.2) is 11.7 Å². The van der Waals surface area contributed by atoms with E-state index < -0.39 is 12.0 Å². The van der Waals surface area contributed by atoms with Crippen LogP contribution in [0.2, 0.25) is 5.02 Å². The third-order valence-electron chi connectivity index (χ3n) is 2.67. The van der Waals surface area contributed by atoms with Crippen LogP contribution in [0.5, 0.6) is 0 Å². The average Bonchev–Trinajstić information content (AvgIpc) is 2.88. The molecule has 1 heterocycles. The summed E-state index contributed by atoms with van der Waals surface area (Å²) in [7, 11) is 0. The van der Waals surface area contributed by atoms with Gasteiger partial charge in [0, 0.05) is 10.6 Å². The number of oxazole rings is 1. The van der Waals surface area contributed by atoms with Crippen molar-refractivity contribution < 1.29 is 13.9 Å². The van der Waals surface area contributed by atoms with Crippen LogP contribution in [0.25, 0.3) is 11.3 Å². The van der Waals surface area contributed by atoms with Gasteiger partial charge in [-0.05, 0) is 31.2 Å². The number of halogens is 2. The molecule has 1 atom stereocenters. The summed E-state index contributed by atoms with van der Waals surface area (Å²) >= 11 is 5.82. The van der Waals surface area contributed by atoms with Gasteiger partial charge in [-0.15, -0.1) is 12.4 Å². The molecule has 0 fully saturated rings. The Morgan fingerprint density at radius 1 is 1.43 bits per heavy atom. The van der Waals surface area contributed by atoms with Crippen molar-refractivity contribution >= 4 is 30.0 Å². The standard InChI is InChI=1S/C14H15ClN2O3.ClH/c1-2-19-14(18)11(16)7-13-17-8-12(20-13)9-3-5-10(15)6-4-9;/h3-6,8,11H,2,7,16H2,1H3;1H/t11-;/m0./s1. The molecular formula is C14H16Cl2N2O3. The lowest BCUT2D eigenvalue weighted by molar-refractivity contribution is -0.144. The minimum Gasteiger partial charge on any atom is -0.465 e. The predicted molar refractivity (Wildman–Crippen MR) is 82.5 cm³/mol. The summed E-state index contributed by atoms with van der Waals surface area (Å²) in [5, 5.41) is 0.651. The molecule has 0 aliphatic heterocycles. The van der Waals surface area contributed by atoms with Gasteiger partial charge in [-0.2, -0.15) is 0 Å². The Morgan fingerprint density at radius 3 is 2.71 bits per heavy atom. The molecule has 21 heavy (non-hydrogen) atoms. The van der Waals surface area contributed by atoms with Crippen molar-refractivity contribution in [1.82, 2.24) is 4.98 Å². The first-order valence-corrected chi connectivity index (χ1v) is 6.60. The van der Waals surface area contributed by atoms with E-state index in [1.54, 1.807) is 25.3 Å². The molecule has 0 saturated heterocycles. The van der Waals surface area contributed by atoms with Crippen molar-refractivity contribution in [3.8, 4) is 11.3 Å². The van der Waals surface area contributed by atoms with Gasteiger partial charge in [0.25, 0.3) is 0 Å². The topological polar surface area (TPSA) is 78.4 Å². The van der Waals surface area contributed by atoms with E-state index in [1.807, 2.05) is 12.1 Å². The molecule has 2 rings (SSSR count). The molecule has 5 nitrogen and oxygen atoms in total. The molecule has 0 amide bonds. The van der Waals surface area contributed by atoms with Crippen LogP contribution in [-0.4, -0.2) is 23.6 Å². The van der Waals surface area contributed by atoms with Gasteiger partial charge in [0.1, 0.15) is 6.04 Å². The minimum absolute atomic E-state index is 0. The van der Waals surface area contributed by atoms with Crippen LogP contribution in [0.4, 0.5) is 0 Å². The molecule has 0 aliphatic carbocycles. The summed E-state index contributed by atoms with van der Waals surface area (Å²) in [4.78, 5) is 15.5. The maximum Gasteiger partial charge on any atom is 0.323 e. The van der Waals surface area contributed by atoms with Gasteiger partial charge in [-0.3, -0.25) is 4.79 Å². The van der Waals surface area contributed by atoms with E-state index in [0.29, 0.717) is 23.3 Å². The molecule has 7 heteroatoms. The smallest absolute Gasteiger partial charge is 0.323 e. The van der Waals surface area contributed by atoms with Gasteiger partial charge in [0.05, 0.1) is 19.2 Å². The quantitative estimate of drug-likeness (QED) is 0.853. The molecule has 1 aromatic heterocycles. The molecular weight excluding hydrogens is 315 g/mol. The zero-order valence-corrected chi connectivity index (χ0v) is 13.0. The van der Waals surface area contributed by atoms with Crippen molar-refractivity contribution in [1.29, 1.82) is 0 Å². The van der Waals surface area contributed by atoms with Crippen LogP contribution >= 0.6 is 24.0 Å². The fourth-order valence-corrected chi connectivity index (χ4v) is 1.80. The summed E-state index contributed by atoms with van der Waals surface area (Å²) in [6, 6.07) is 6.43. The Hall–Kier alpha value is -1.56. The molecule has 0 radical (unpaired) electrons. The largest absolute Gasteiger partial charge is 0.465 e. The number of aromatic nitrogens is 1. The average molecular weight is 331 g/mol. The Balaban J connectivity index is 0.00000220. The first kappa shape index (κ1) is 17.5. The summed E-state index contributed by atoms with van der Waals surface area (Å²) < 4.78 is 10.4. The van der Waals surface area contributed by atoms with Gasteiger partial charge in [0.2, 0.25) is 0 Å². The molecule has 0 bridgehead atoms. The molecule has 114 valence electrons. The highest BCUT2D eigenvalue weighted by Crippen LogP contribution is 2.22. The van der Waals surface area contributed by atoms with Crippen LogP contribution < -0.4 is 5.73 Å². The van der Waals surface area contributed by atoms with Gasteiger partial charge in [-0.25, -0.2) is 4.98 Å². The lowest BCUT2D eigenvalue weighted by atomic mass is 10.2. The normalized spacial score (nSPS) is 11.6. The van der Waals surface area contributed by atoms with E-state index in [0.717, 1.165) is 5.56 Å². The second-order valence-electron chi connectivity index (χ2n) is 4.19. The molecule has 2 N–H and O–H groups in total. The van der Waals surface area contributed by atoms with Crippen LogP contribution in [0.1, 0.15) is 12.8 Å². The zero-order chi connectivity index (χ0) is 14.5. The van der Waals surface area contributed by atoms with Gasteiger partial charge >= 0.3 is 5.97 Å². The lowest BCUT2D eigenvalue weighted by Gasteiger charge is -2.07. The highest BCUT2D eigenvalue weighted by atomic mass is 35.5. The summed E-state index contributed by atoms with van der Waals surface area (Å²) in [5.41, 5.74) is 6.57. The van der Waals surface area contributed by atoms with E-state index in [-0.39, 0.29) is 18.8 Å². The maximum absolute atomic E-state index is 11.4. The Bertz CT molecular complexity index is 584. The van der Waals surface area contributed by atoms with Crippen molar-refractivity contribution in [3.05, 3.63) is 41.4 Å². The third-order valence-corrected chi connectivity index (χ3v) is 2.92. The fourth-order valence-electron chi connectivity index (χ4n) is 1.67. The zero-order valence-electron chi connectivity index (χ0n) is 11.4. The number of nitrogens with zero attached hydrogens (tertiary/aromatic N) is 1. The second kappa shape index (κ2) is 8.02. The number of esters is 1. The highest BCUT2D eigenvalue weighted by molar-refractivity contribution is 6.30. The molecule has 0 unspecified atom stereocenters. The van der Waals surface area contributed by atoms with Crippen molar-refractivity contribution in [2.24, 2.45) is 5.73 Å². The third kappa shape index (κ3) is 4.74. The SMILES string of the molecule is CCOC(=O)[C@@H](N)Cc1ncc(-c2ccc(Cl)cc2)o1.Cl.